The molecule has 0 unspecified atom stereocenters. The number of carbonyl (C=O) groups excluding carboxylic acids is 1. The molecule has 3 atom stereocenters. The Balaban J connectivity index is 1.44. The normalized spacial score (nSPS) is 29.3. The Morgan fingerprint density at radius 3 is 2.42 bits per heavy atom. The standard InChI is InChI=1S/C25H38N4O3S/c1-29-23(30)25(27-24(29)26,16-15-19-9-4-2-5-10-19)18-20-11-8-12-21(17-20)28-33(31,32)22-13-6-3-7-14-22/h3,6-7,13-14,19-21,28H,2,4-5,8-12,15-18H2,1H3,(H2,26,27)/t20-,21+,25+/m0/s1. The summed E-state index contributed by atoms with van der Waals surface area (Å²) in [6.07, 6.45) is 12.2. The summed E-state index contributed by atoms with van der Waals surface area (Å²) >= 11 is 0. The van der Waals surface area contributed by atoms with E-state index in [0.29, 0.717) is 23.2 Å². The van der Waals surface area contributed by atoms with Crippen LogP contribution in [0.5, 0.6) is 0 Å². The van der Waals surface area contributed by atoms with E-state index < -0.39 is 15.6 Å². The minimum atomic E-state index is -3.55. The summed E-state index contributed by atoms with van der Waals surface area (Å²) in [6.45, 7) is 0. The second kappa shape index (κ2) is 10.1. The number of nitrogens with two attached hydrogens (primary N) is 1. The molecule has 2 saturated carbocycles. The van der Waals surface area contributed by atoms with Crippen LogP contribution in [-0.4, -0.2) is 43.8 Å². The quantitative estimate of drug-likeness (QED) is 0.598. The maximum atomic E-state index is 13.3. The Bertz CT molecular complexity index is 959. The number of likely N-dealkylation sites (N-methyl/N-ethyl adjacent to an activating group) is 1. The van der Waals surface area contributed by atoms with Crippen molar-refractivity contribution in [2.45, 2.75) is 93.5 Å². The molecule has 1 aromatic carbocycles. The molecule has 1 amide bonds. The minimum Gasteiger partial charge on any atom is -0.369 e. The molecule has 0 spiro atoms. The van der Waals surface area contributed by atoms with Gasteiger partial charge in [-0.3, -0.25) is 9.69 Å². The molecular weight excluding hydrogens is 436 g/mol. The maximum absolute atomic E-state index is 13.3. The van der Waals surface area contributed by atoms with Crippen LogP contribution >= 0.6 is 0 Å². The maximum Gasteiger partial charge on any atom is 0.257 e. The van der Waals surface area contributed by atoms with E-state index in [2.05, 4.69) is 4.72 Å². The highest BCUT2D eigenvalue weighted by Gasteiger charge is 2.48. The summed E-state index contributed by atoms with van der Waals surface area (Å²) in [7, 11) is -1.84. The van der Waals surface area contributed by atoms with Crippen molar-refractivity contribution in [1.29, 1.82) is 0 Å². The predicted octanol–water partition coefficient (Wildman–Crippen LogP) is 3.80. The molecule has 8 heteroatoms. The lowest BCUT2D eigenvalue weighted by Crippen LogP contribution is -2.45. The van der Waals surface area contributed by atoms with Gasteiger partial charge >= 0.3 is 0 Å². The van der Waals surface area contributed by atoms with E-state index in [9.17, 15) is 13.2 Å². The van der Waals surface area contributed by atoms with E-state index in [1.165, 1.54) is 37.0 Å². The zero-order valence-electron chi connectivity index (χ0n) is 19.7. The summed E-state index contributed by atoms with van der Waals surface area (Å²) in [5.74, 6) is 1.21. The molecule has 4 rings (SSSR count). The lowest BCUT2D eigenvalue weighted by Gasteiger charge is -2.35. The van der Waals surface area contributed by atoms with E-state index >= 15 is 0 Å². The van der Waals surface area contributed by atoms with Gasteiger partial charge in [0.15, 0.2) is 5.96 Å². The first-order chi connectivity index (χ1) is 15.8. The van der Waals surface area contributed by atoms with Crippen LogP contribution in [-0.2, 0) is 14.8 Å². The molecule has 0 bridgehead atoms. The lowest BCUT2D eigenvalue weighted by atomic mass is 9.74. The van der Waals surface area contributed by atoms with Gasteiger partial charge < -0.3 is 5.73 Å². The molecule has 33 heavy (non-hydrogen) atoms. The molecule has 0 radical (unpaired) electrons. The van der Waals surface area contributed by atoms with Gasteiger partial charge in [0.1, 0.15) is 5.54 Å². The van der Waals surface area contributed by atoms with Crippen LogP contribution in [0.2, 0.25) is 0 Å². The van der Waals surface area contributed by atoms with Gasteiger partial charge in [0, 0.05) is 13.1 Å². The molecule has 182 valence electrons. The van der Waals surface area contributed by atoms with Crippen molar-refractivity contribution in [3.05, 3.63) is 30.3 Å². The van der Waals surface area contributed by atoms with Crippen molar-refractivity contribution in [3.63, 3.8) is 0 Å². The number of rotatable bonds is 8. The van der Waals surface area contributed by atoms with Crippen LogP contribution in [0, 0.1) is 11.8 Å². The van der Waals surface area contributed by atoms with Gasteiger partial charge in [-0.2, -0.15) is 0 Å². The molecular formula is C25H38N4O3S. The first kappa shape index (κ1) is 24.2. The Labute approximate surface area is 198 Å². The van der Waals surface area contributed by atoms with Crippen LogP contribution in [0.25, 0.3) is 0 Å². The Kier molecular flexibility index (Phi) is 7.43. The van der Waals surface area contributed by atoms with Gasteiger partial charge in [0.2, 0.25) is 10.0 Å². The number of nitrogens with one attached hydrogen (secondary N) is 1. The van der Waals surface area contributed by atoms with Crippen LogP contribution < -0.4 is 10.5 Å². The number of sulfonamides is 1. The molecule has 7 nitrogen and oxygen atoms in total. The lowest BCUT2D eigenvalue weighted by molar-refractivity contribution is -0.131. The van der Waals surface area contributed by atoms with Crippen molar-refractivity contribution in [1.82, 2.24) is 9.62 Å². The van der Waals surface area contributed by atoms with Crippen LogP contribution in [0.4, 0.5) is 0 Å². The van der Waals surface area contributed by atoms with Crippen molar-refractivity contribution < 1.29 is 13.2 Å². The molecule has 1 aromatic rings. The Hall–Kier alpha value is -1.93. The van der Waals surface area contributed by atoms with Crippen LogP contribution in [0.3, 0.4) is 0 Å². The second-order valence-corrected chi connectivity index (χ2v) is 12.0. The number of benzene rings is 1. The molecule has 1 aliphatic heterocycles. The zero-order valence-corrected chi connectivity index (χ0v) is 20.5. The van der Waals surface area contributed by atoms with Crippen molar-refractivity contribution in [3.8, 4) is 0 Å². The topological polar surface area (TPSA) is 105 Å². The number of nitrogens with zero attached hydrogens (tertiary/aromatic N) is 2. The van der Waals surface area contributed by atoms with E-state index in [0.717, 1.165) is 38.5 Å². The Morgan fingerprint density at radius 2 is 1.76 bits per heavy atom. The largest absolute Gasteiger partial charge is 0.369 e. The Morgan fingerprint density at radius 1 is 1.06 bits per heavy atom. The average Bonchev–Trinajstić information content (AvgIpc) is 3.02. The monoisotopic (exact) mass is 474 g/mol. The van der Waals surface area contributed by atoms with E-state index in [1.54, 1.807) is 31.3 Å². The number of aliphatic imine (C=N–C) groups is 1. The van der Waals surface area contributed by atoms with Gasteiger partial charge in [-0.1, -0.05) is 63.1 Å². The summed E-state index contributed by atoms with van der Waals surface area (Å²) < 4.78 is 28.5. The van der Waals surface area contributed by atoms with Crippen molar-refractivity contribution in [2.75, 3.05) is 7.05 Å². The predicted molar refractivity (Wildman–Crippen MR) is 130 cm³/mol. The van der Waals surface area contributed by atoms with E-state index in [-0.39, 0.29) is 17.9 Å². The fourth-order valence-electron chi connectivity index (χ4n) is 6.02. The molecule has 2 fully saturated rings. The summed E-state index contributed by atoms with van der Waals surface area (Å²) in [5, 5.41) is 0. The zero-order chi connectivity index (χ0) is 23.5. The van der Waals surface area contributed by atoms with Gasteiger partial charge in [0.05, 0.1) is 4.90 Å². The van der Waals surface area contributed by atoms with Crippen LogP contribution in [0.1, 0.15) is 77.0 Å². The molecule has 2 aliphatic carbocycles. The number of amides is 1. The smallest absolute Gasteiger partial charge is 0.257 e. The molecule has 3 N–H and O–H groups in total. The molecule has 1 heterocycles. The van der Waals surface area contributed by atoms with Crippen LogP contribution in [0.15, 0.2) is 40.2 Å². The van der Waals surface area contributed by atoms with Gasteiger partial charge in [-0.15, -0.1) is 0 Å². The third-order valence-electron chi connectivity index (χ3n) is 7.85. The molecule has 0 aromatic heterocycles. The second-order valence-electron chi connectivity index (χ2n) is 10.3. The highest BCUT2D eigenvalue weighted by molar-refractivity contribution is 7.89. The number of hydrogen-bond donors (Lipinski definition) is 2. The fraction of sp³-hybridized carbons (Fsp3) is 0.680. The fourth-order valence-corrected chi connectivity index (χ4v) is 7.33. The number of hydrogen-bond acceptors (Lipinski definition) is 5. The third kappa shape index (κ3) is 5.60. The molecule has 0 saturated heterocycles. The first-order valence-corrected chi connectivity index (χ1v) is 14.0. The summed E-state index contributed by atoms with van der Waals surface area (Å²) in [5.41, 5.74) is 5.31. The van der Waals surface area contributed by atoms with Crippen molar-refractivity contribution >= 4 is 21.9 Å². The van der Waals surface area contributed by atoms with Gasteiger partial charge in [-0.05, 0) is 56.1 Å². The third-order valence-corrected chi connectivity index (χ3v) is 9.39. The number of guanidine groups is 1. The first-order valence-electron chi connectivity index (χ1n) is 12.5. The highest BCUT2D eigenvalue weighted by Crippen LogP contribution is 2.40. The van der Waals surface area contributed by atoms with Gasteiger partial charge in [-0.25, -0.2) is 18.1 Å². The SMILES string of the molecule is CN1C(=O)[C@@](CCC2CCCCC2)(C[C@H]2CCC[C@@H](NS(=O)(=O)c3ccccc3)C2)N=C1N. The van der Waals surface area contributed by atoms with E-state index in [1.807, 2.05) is 6.07 Å². The van der Waals surface area contributed by atoms with Gasteiger partial charge in [0.25, 0.3) is 5.91 Å². The number of carbonyl (C=O) groups is 1. The summed E-state index contributed by atoms with van der Waals surface area (Å²) in [6, 6.07) is 8.39. The highest BCUT2D eigenvalue weighted by atomic mass is 32.2. The molecule has 3 aliphatic rings. The average molecular weight is 475 g/mol. The summed E-state index contributed by atoms with van der Waals surface area (Å²) in [4.78, 5) is 19.8. The van der Waals surface area contributed by atoms with Crippen molar-refractivity contribution in [2.24, 2.45) is 22.6 Å². The van der Waals surface area contributed by atoms with E-state index in [4.69, 9.17) is 10.7 Å². The minimum absolute atomic E-state index is 0.00259.